The van der Waals surface area contributed by atoms with E-state index >= 15 is 0 Å². The van der Waals surface area contributed by atoms with Crippen LogP contribution in [0.4, 0.5) is 13.9 Å². The summed E-state index contributed by atoms with van der Waals surface area (Å²) < 4.78 is 45.7. The number of aromatic nitrogens is 1. The molecule has 0 aliphatic carbocycles. The minimum Gasteiger partial charge on any atom is -0.482 e. The second kappa shape index (κ2) is 9.20. The van der Waals surface area contributed by atoms with E-state index in [0.29, 0.717) is 47.6 Å². The molecule has 174 valence electrons. The molecule has 1 fully saturated rings. The first kappa shape index (κ1) is 22.0. The lowest BCUT2D eigenvalue weighted by Crippen LogP contribution is -2.52. The Kier molecular flexibility index (Phi) is 6.13. The van der Waals surface area contributed by atoms with Crippen LogP contribution in [0.2, 0.25) is 0 Å². The fourth-order valence-electron chi connectivity index (χ4n) is 3.97. The van der Waals surface area contributed by atoms with E-state index in [9.17, 15) is 13.6 Å². The van der Waals surface area contributed by atoms with Crippen molar-refractivity contribution >= 4 is 32.6 Å². The summed E-state index contributed by atoms with van der Waals surface area (Å²) in [6, 6.07) is 9.19. The number of nitrogens with zero attached hydrogens (tertiary/aromatic N) is 3. The van der Waals surface area contributed by atoms with Crippen molar-refractivity contribution in [3.8, 4) is 11.5 Å². The minimum absolute atomic E-state index is 0.0415. The number of carbonyl (C=O) groups is 1. The number of ether oxygens (including phenoxy) is 3. The van der Waals surface area contributed by atoms with Crippen LogP contribution >= 0.6 is 11.3 Å². The maximum atomic E-state index is 14.3. The minimum atomic E-state index is -0.904. The van der Waals surface area contributed by atoms with Gasteiger partial charge in [-0.3, -0.25) is 14.6 Å². The molecule has 2 aliphatic rings. The highest BCUT2D eigenvalue weighted by molar-refractivity contribution is 7.22. The lowest BCUT2D eigenvalue weighted by Gasteiger charge is -2.34. The Morgan fingerprint density at radius 2 is 1.91 bits per heavy atom. The lowest BCUT2D eigenvalue weighted by molar-refractivity contribution is -0.130. The lowest BCUT2D eigenvalue weighted by atomic mass is 10.1. The molecule has 0 saturated carbocycles. The molecule has 1 saturated heterocycles. The van der Waals surface area contributed by atoms with Crippen LogP contribution in [0.15, 0.2) is 36.4 Å². The summed E-state index contributed by atoms with van der Waals surface area (Å²) in [6.07, 6.45) is -1.44. The van der Waals surface area contributed by atoms with E-state index in [0.717, 1.165) is 30.5 Å². The predicted octanol–water partition coefficient (Wildman–Crippen LogP) is 3.47. The molecule has 1 aromatic heterocycles. The number of anilines is 1. The molecule has 0 bridgehead atoms. The Morgan fingerprint density at radius 1 is 1.18 bits per heavy atom. The number of halogens is 2. The maximum Gasteiger partial charge on any atom is 0.273 e. The van der Waals surface area contributed by atoms with Crippen molar-refractivity contribution in [3.05, 3.63) is 48.0 Å². The third-order valence-electron chi connectivity index (χ3n) is 5.73. The van der Waals surface area contributed by atoms with Crippen LogP contribution in [-0.4, -0.2) is 67.4 Å². The van der Waals surface area contributed by atoms with Crippen LogP contribution in [0.5, 0.6) is 11.5 Å². The number of hydrogen-bond acceptors (Lipinski definition) is 7. The number of thiazole rings is 1. The zero-order valence-corrected chi connectivity index (χ0v) is 18.8. The molecule has 1 amide bonds. The van der Waals surface area contributed by atoms with Crippen molar-refractivity contribution in [3.63, 3.8) is 0 Å². The number of fused-ring (bicyclic) bond motifs is 2. The highest BCUT2D eigenvalue weighted by Gasteiger charge is 2.38. The molecule has 3 aromatic rings. The van der Waals surface area contributed by atoms with Gasteiger partial charge in [0.25, 0.3) is 5.91 Å². The van der Waals surface area contributed by atoms with Crippen molar-refractivity contribution in [2.45, 2.75) is 19.1 Å². The normalized spacial score (nSPS) is 20.7. The van der Waals surface area contributed by atoms with Gasteiger partial charge in [-0.25, -0.2) is 13.8 Å². The Balaban J connectivity index is 1.45. The first-order valence-electron chi connectivity index (χ1n) is 10.8. The van der Waals surface area contributed by atoms with Crippen LogP contribution in [0, 0.1) is 11.6 Å². The first-order valence-corrected chi connectivity index (χ1v) is 11.6. The van der Waals surface area contributed by atoms with Gasteiger partial charge in [-0.1, -0.05) is 23.5 Å². The standard InChI is InChI=1S/C23H23F2N3O4S/c1-14-21(32-18-5-3-2-4-17(18)31-14)22(29)28(7-6-27-8-10-30-11-9-27)23-26-20-16(25)12-15(24)13-19(20)33-23/h2-5,12-14,21H,6-11H2,1H3. The van der Waals surface area contributed by atoms with E-state index in [4.69, 9.17) is 14.2 Å². The van der Waals surface area contributed by atoms with E-state index in [1.165, 1.54) is 11.0 Å². The van der Waals surface area contributed by atoms with Crippen LogP contribution < -0.4 is 14.4 Å². The van der Waals surface area contributed by atoms with Crippen LogP contribution in [0.25, 0.3) is 10.2 Å². The fraction of sp³-hybridized carbons (Fsp3) is 0.391. The van der Waals surface area contributed by atoms with Crippen molar-refractivity contribution in [1.82, 2.24) is 9.88 Å². The molecule has 2 unspecified atom stereocenters. The van der Waals surface area contributed by atoms with Gasteiger partial charge in [-0.2, -0.15) is 0 Å². The van der Waals surface area contributed by atoms with Gasteiger partial charge < -0.3 is 14.2 Å². The molecular formula is C23H23F2N3O4S. The molecule has 2 atom stereocenters. The topological polar surface area (TPSA) is 64.1 Å². The summed E-state index contributed by atoms with van der Waals surface area (Å²) in [4.78, 5) is 21.7. The van der Waals surface area contributed by atoms with Gasteiger partial charge in [0, 0.05) is 32.2 Å². The Bertz CT molecular complexity index is 1170. The number of para-hydroxylation sites is 2. The first-order chi connectivity index (χ1) is 16.0. The number of rotatable bonds is 5. The molecule has 33 heavy (non-hydrogen) atoms. The van der Waals surface area contributed by atoms with Crippen molar-refractivity contribution in [2.75, 3.05) is 44.3 Å². The number of hydrogen-bond donors (Lipinski definition) is 0. The van der Waals surface area contributed by atoms with Gasteiger partial charge in [0.2, 0.25) is 6.10 Å². The Morgan fingerprint density at radius 3 is 2.67 bits per heavy atom. The molecule has 7 nitrogen and oxygen atoms in total. The Hall–Kier alpha value is -2.82. The van der Waals surface area contributed by atoms with E-state index < -0.39 is 23.8 Å². The number of benzene rings is 2. The van der Waals surface area contributed by atoms with Gasteiger partial charge in [-0.05, 0) is 25.1 Å². The van der Waals surface area contributed by atoms with Crippen molar-refractivity contribution in [2.24, 2.45) is 0 Å². The van der Waals surface area contributed by atoms with Crippen LogP contribution in [-0.2, 0) is 9.53 Å². The third kappa shape index (κ3) is 4.50. The SMILES string of the molecule is CC1Oc2ccccc2OC1C(=O)N(CCN1CCOCC1)c1nc2c(F)cc(F)cc2s1. The highest BCUT2D eigenvalue weighted by Crippen LogP contribution is 2.36. The summed E-state index contributed by atoms with van der Waals surface area (Å²) >= 11 is 1.07. The van der Waals surface area contributed by atoms with E-state index in [1.807, 2.05) is 6.07 Å². The van der Waals surface area contributed by atoms with Gasteiger partial charge in [-0.15, -0.1) is 0 Å². The Labute approximate surface area is 193 Å². The van der Waals surface area contributed by atoms with Gasteiger partial charge in [0.1, 0.15) is 17.4 Å². The van der Waals surface area contributed by atoms with Gasteiger partial charge in [0.15, 0.2) is 22.4 Å². The smallest absolute Gasteiger partial charge is 0.273 e. The largest absolute Gasteiger partial charge is 0.482 e. The maximum absolute atomic E-state index is 14.3. The van der Waals surface area contributed by atoms with Crippen molar-refractivity contribution < 1.29 is 27.8 Å². The molecule has 5 rings (SSSR count). The summed E-state index contributed by atoms with van der Waals surface area (Å²) in [5.41, 5.74) is 0.0415. The number of amides is 1. The molecule has 2 aliphatic heterocycles. The van der Waals surface area contributed by atoms with Gasteiger partial charge in [0.05, 0.1) is 17.9 Å². The monoisotopic (exact) mass is 475 g/mol. The molecule has 0 spiro atoms. The summed E-state index contributed by atoms with van der Waals surface area (Å²) in [5.74, 6) is -0.723. The van der Waals surface area contributed by atoms with Gasteiger partial charge >= 0.3 is 0 Å². The van der Waals surface area contributed by atoms with E-state index in [2.05, 4.69) is 9.88 Å². The molecule has 0 N–H and O–H groups in total. The second-order valence-electron chi connectivity index (χ2n) is 7.98. The number of carbonyl (C=O) groups excluding carboxylic acids is 1. The molecule has 2 aromatic carbocycles. The van der Waals surface area contributed by atoms with E-state index in [1.54, 1.807) is 25.1 Å². The van der Waals surface area contributed by atoms with Crippen LogP contribution in [0.3, 0.4) is 0 Å². The third-order valence-corrected chi connectivity index (χ3v) is 6.75. The molecular weight excluding hydrogens is 452 g/mol. The molecule has 0 radical (unpaired) electrons. The average molecular weight is 476 g/mol. The molecule has 10 heteroatoms. The quantitative estimate of drug-likeness (QED) is 0.563. The highest BCUT2D eigenvalue weighted by atomic mass is 32.1. The number of morpholine rings is 1. The fourth-order valence-corrected chi connectivity index (χ4v) is 5.01. The zero-order chi connectivity index (χ0) is 22.9. The average Bonchev–Trinajstić information content (AvgIpc) is 3.23. The summed E-state index contributed by atoms with van der Waals surface area (Å²) in [5, 5.41) is 0.294. The summed E-state index contributed by atoms with van der Waals surface area (Å²) in [6.45, 7) is 5.45. The summed E-state index contributed by atoms with van der Waals surface area (Å²) in [7, 11) is 0. The zero-order valence-electron chi connectivity index (χ0n) is 18.0. The predicted molar refractivity (Wildman–Crippen MR) is 120 cm³/mol. The van der Waals surface area contributed by atoms with E-state index in [-0.39, 0.29) is 11.4 Å². The van der Waals surface area contributed by atoms with Crippen molar-refractivity contribution in [1.29, 1.82) is 0 Å². The van der Waals surface area contributed by atoms with Crippen LogP contribution in [0.1, 0.15) is 6.92 Å². The second-order valence-corrected chi connectivity index (χ2v) is 8.99. The molecule has 3 heterocycles.